The van der Waals surface area contributed by atoms with Crippen LogP contribution in [-0.4, -0.2) is 48.0 Å². The number of aliphatic hydroxyl groups excluding tert-OH is 2. The Morgan fingerprint density at radius 3 is 2.67 bits per heavy atom. The van der Waals surface area contributed by atoms with Crippen molar-refractivity contribution in [2.75, 3.05) is 20.6 Å². The van der Waals surface area contributed by atoms with Gasteiger partial charge in [-0.2, -0.15) is 0 Å². The van der Waals surface area contributed by atoms with Gasteiger partial charge in [-0.1, -0.05) is 56.4 Å². The van der Waals surface area contributed by atoms with Gasteiger partial charge in [-0.05, 0) is 77.4 Å². The van der Waals surface area contributed by atoms with Gasteiger partial charge in [-0.3, -0.25) is 0 Å². The molecule has 3 heteroatoms. The van der Waals surface area contributed by atoms with Crippen molar-refractivity contribution >= 4 is 0 Å². The summed E-state index contributed by atoms with van der Waals surface area (Å²) < 4.78 is 0. The van der Waals surface area contributed by atoms with Crippen molar-refractivity contribution in [1.29, 1.82) is 0 Å². The molecule has 0 amide bonds. The molecule has 0 aliphatic heterocycles. The van der Waals surface area contributed by atoms with Crippen molar-refractivity contribution in [3.8, 4) is 0 Å². The summed E-state index contributed by atoms with van der Waals surface area (Å²) >= 11 is 0. The van der Waals surface area contributed by atoms with Crippen LogP contribution in [0.4, 0.5) is 0 Å². The van der Waals surface area contributed by atoms with Crippen molar-refractivity contribution in [3.63, 3.8) is 0 Å². The highest BCUT2D eigenvalue weighted by molar-refractivity contribution is 5.17. The van der Waals surface area contributed by atoms with Gasteiger partial charge in [0.25, 0.3) is 0 Å². The summed E-state index contributed by atoms with van der Waals surface area (Å²) in [6.45, 7) is 3.38. The number of hydrogen-bond acceptors (Lipinski definition) is 3. The van der Waals surface area contributed by atoms with E-state index in [-0.39, 0.29) is 18.1 Å². The van der Waals surface area contributed by atoms with E-state index in [0.29, 0.717) is 11.8 Å². The quantitative estimate of drug-likeness (QED) is 0.374. The minimum Gasteiger partial charge on any atom is -0.392 e. The maximum Gasteiger partial charge on any atom is 0.0721 e. The monoisotopic (exact) mass is 377 g/mol. The van der Waals surface area contributed by atoms with Gasteiger partial charge in [0.15, 0.2) is 0 Å². The Bertz CT molecular complexity index is 471. The van der Waals surface area contributed by atoms with Crippen LogP contribution in [-0.2, 0) is 0 Å². The highest BCUT2D eigenvalue weighted by Crippen LogP contribution is 2.50. The highest BCUT2D eigenvalue weighted by atomic mass is 16.3. The number of allylic oxidation sites excluding steroid dienone is 2. The molecule has 0 aromatic rings. The topological polar surface area (TPSA) is 43.7 Å². The van der Waals surface area contributed by atoms with Crippen molar-refractivity contribution in [2.24, 2.45) is 17.8 Å². The van der Waals surface area contributed by atoms with E-state index >= 15 is 0 Å². The van der Waals surface area contributed by atoms with E-state index in [1.165, 1.54) is 51.5 Å². The first-order valence-electron chi connectivity index (χ1n) is 11.4. The lowest BCUT2D eigenvalue weighted by molar-refractivity contribution is 0.139. The van der Waals surface area contributed by atoms with Crippen LogP contribution in [0.25, 0.3) is 0 Å². The minimum atomic E-state index is -0.346. The van der Waals surface area contributed by atoms with E-state index in [0.717, 1.165) is 25.7 Å². The Morgan fingerprint density at radius 1 is 1.11 bits per heavy atom. The zero-order valence-electron chi connectivity index (χ0n) is 17.9. The average Bonchev–Trinajstić information content (AvgIpc) is 3.12. The van der Waals surface area contributed by atoms with Gasteiger partial charge < -0.3 is 15.1 Å². The van der Waals surface area contributed by atoms with Crippen LogP contribution < -0.4 is 0 Å². The molecular formula is C24H43NO2. The zero-order valence-corrected chi connectivity index (χ0v) is 17.9. The second kappa shape index (κ2) is 12.0. The molecule has 27 heavy (non-hydrogen) atoms. The Balaban J connectivity index is 1.74. The molecule has 5 atom stereocenters. The first-order chi connectivity index (χ1) is 13.0. The molecular weight excluding hydrogens is 334 g/mol. The molecule has 2 aliphatic rings. The average molecular weight is 378 g/mol. The lowest BCUT2D eigenvalue weighted by atomic mass is 9.90. The molecule has 2 fully saturated rings. The summed E-state index contributed by atoms with van der Waals surface area (Å²) in [5.41, 5.74) is 1.62. The second-order valence-electron chi connectivity index (χ2n) is 9.18. The molecule has 0 bridgehead atoms. The van der Waals surface area contributed by atoms with Gasteiger partial charge >= 0.3 is 0 Å². The van der Waals surface area contributed by atoms with Gasteiger partial charge in [0.1, 0.15) is 0 Å². The lowest BCUT2D eigenvalue weighted by Crippen LogP contribution is -2.17. The summed E-state index contributed by atoms with van der Waals surface area (Å²) in [5.74, 6) is 1.47. The fourth-order valence-electron chi connectivity index (χ4n) is 4.95. The van der Waals surface area contributed by atoms with Gasteiger partial charge in [-0.25, -0.2) is 0 Å². The Kier molecular flexibility index (Phi) is 10.1. The molecule has 156 valence electrons. The van der Waals surface area contributed by atoms with Crippen LogP contribution in [0.1, 0.15) is 77.6 Å². The maximum atomic E-state index is 10.5. The normalized spacial score (nSPS) is 30.7. The number of unbranched alkanes of at least 4 members (excludes halogenated alkanes) is 5. The lowest BCUT2D eigenvalue weighted by Gasteiger charge is -2.17. The number of fused-ring (bicyclic) bond motifs is 1. The molecule has 0 radical (unpaired) electrons. The number of hydrogen-bond donors (Lipinski definition) is 2. The number of rotatable bonds is 12. The van der Waals surface area contributed by atoms with E-state index in [2.05, 4.69) is 38.1 Å². The number of aliphatic hydroxyl groups is 2. The van der Waals surface area contributed by atoms with Crippen LogP contribution in [0.15, 0.2) is 23.8 Å². The molecule has 2 N–H and O–H groups in total. The smallest absolute Gasteiger partial charge is 0.0721 e. The Morgan fingerprint density at radius 2 is 1.93 bits per heavy atom. The molecule has 2 aliphatic carbocycles. The van der Waals surface area contributed by atoms with Crippen molar-refractivity contribution in [3.05, 3.63) is 23.8 Å². The van der Waals surface area contributed by atoms with Gasteiger partial charge in [0.2, 0.25) is 0 Å². The molecule has 0 spiro atoms. The van der Waals surface area contributed by atoms with Crippen LogP contribution in [0.2, 0.25) is 0 Å². The number of nitrogens with zero attached hydrogens (tertiary/aromatic N) is 1. The van der Waals surface area contributed by atoms with Crippen LogP contribution >= 0.6 is 0 Å². The molecule has 3 nitrogen and oxygen atoms in total. The Hall–Kier alpha value is -0.640. The predicted octanol–water partition coefficient (Wildman–Crippen LogP) is 4.94. The van der Waals surface area contributed by atoms with Crippen molar-refractivity contribution < 1.29 is 10.2 Å². The zero-order chi connectivity index (χ0) is 19.6. The summed E-state index contributed by atoms with van der Waals surface area (Å²) in [6.07, 6.45) is 18.7. The largest absolute Gasteiger partial charge is 0.392 e. The third-order valence-corrected chi connectivity index (χ3v) is 6.51. The molecule has 0 saturated heterocycles. The van der Waals surface area contributed by atoms with E-state index in [4.69, 9.17) is 0 Å². The fourth-order valence-corrected chi connectivity index (χ4v) is 4.95. The molecule has 2 rings (SSSR count). The van der Waals surface area contributed by atoms with Crippen LogP contribution in [0.5, 0.6) is 0 Å². The molecule has 0 aromatic carbocycles. The van der Waals surface area contributed by atoms with Gasteiger partial charge in [0, 0.05) is 5.92 Å². The van der Waals surface area contributed by atoms with Gasteiger partial charge in [-0.15, -0.1) is 0 Å². The molecule has 0 unspecified atom stereocenters. The van der Waals surface area contributed by atoms with Crippen LogP contribution in [0, 0.1) is 17.8 Å². The van der Waals surface area contributed by atoms with Crippen molar-refractivity contribution in [2.45, 2.75) is 89.8 Å². The standard InChI is InChI=1S/C24H43NO2/c1-4-5-8-12-21(26)13-14-22-23-17-19(16-20(23)18-24(22)27)11-9-6-7-10-15-25(2)3/h11,13-14,20-24,26-27H,4-10,12,15-18H2,1-3H3/t20-,21-,22+,23-,24+/m0/s1. The third kappa shape index (κ3) is 7.71. The highest BCUT2D eigenvalue weighted by Gasteiger charge is 2.44. The predicted molar refractivity (Wildman–Crippen MR) is 115 cm³/mol. The summed E-state index contributed by atoms with van der Waals surface area (Å²) in [5, 5.41) is 20.6. The van der Waals surface area contributed by atoms with Gasteiger partial charge in [0.05, 0.1) is 12.2 Å². The molecule has 2 saturated carbocycles. The summed E-state index contributed by atoms with van der Waals surface area (Å²) in [7, 11) is 4.28. The second-order valence-corrected chi connectivity index (χ2v) is 9.18. The molecule has 0 heterocycles. The van der Waals surface area contributed by atoms with E-state index in [1.807, 2.05) is 6.08 Å². The van der Waals surface area contributed by atoms with E-state index in [1.54, 1.807) is 5.57 Å². The minimum absolute atomic E-state index is 0.216. The SMILES string of the molecule is CCCCC[C@H](O)C=C[C@@H]1[C@H]2CC(=CCCCCCN(C)C)C[C@H]2C[C@H]1O. The summed E-state index contributed by atoms with van der Waals surface area (Å²) in [4.78, 5) is 2.26. The van der Waals surface area contributed by atoms with E-state index in [9.17, 15) is 10.2 Å². The summed E-state index contributed by atoms with van der Waals surface area (Å²) in [6, 6.07) is 0. The maximum absolute atomic E-state index is 10.5. The first kappa shape index (κ1) is 22.6. The third-order valence-electron chi connectivity index (χ3n) is 6.51. The van der Waals surface area contributed by atoms with Crippen molar-refractivity contribution in [1.82, 2.24) is 4.90 Å². The Labute approximate surface area is 167 Å². The van der Waals surface area contributed by atoms with Crippen LogP contribution in [0.3, 0.4) is 0 Å². The molecule has 0 aromatic heterocycles. The van der Waals surface area contributed by atoms with E-state index < -0.39 is 0 Å². The first-order valence-corrected chi connectivity index (χ1v) is 11.4. The fraction of sp³-hybridized carbons (Fsp3) is 0.833.